The summed E-state index contributed by atoms with van der Waals surface area (Å²) in [5.74, 6) is -1.08. The first-order valence-corrected chi connectivity index (χ1v) is 7.79. The van der Waals surface area contributed by atoms with Gasteiger partial charge in [-0.25, -0.2) is 4.79 Å². The van der Waals surface area contributed by atoms with E-state index in [1.165, 1.54) is 14.2 Å². The third-order valence-corrected chi connectivity index (χ3v) is 4.44. The molecule has 0 saturated carbocycles. The first-order valence-electron chi connectivity index (χ1n) is 7.79. The molecule has 2 aliphatic heterocycles. The largest absolute Gasteiger partial charge is 0.468 e. The second-order valence-corrected chi connectivity index (χ2v) is 5.84. The van der Waals surface area contributed by atoms with Gasteiger partial charge in [-0.1, -0.05) is 6.07 Å². The van der Waals surface area contributed by atoms with Crippen LogP contribution in [0.2, 0.25) is 0 Å². The molecule has 0 saturated heterocycles. The number of allylic oxidation sites excluding steroid dienone is 1. The maximum Gasteiger partial charge on any atom is 0.336 e. The fourth-order valence-corrected chi connectivity index (χ4v) is 3.31. The maximum absolute atomic E-state index is 12.4. The Hall–Kier alpha value is -2.83. The monoisotopic (exact) mass is 345 g/mol. The van der Waals surface area contributed by atoms with Crippen molar-refractivity contribution in [3.63, 3.8) is 0 Å². The lowest BCUT2D eigenvalue weighted by atomic mass is 9.75. The van der Waals surface area contributed by atoms with Gasteiger partial charge in [-0.2, -0.15) is 0 Å². The SMILES string of the molecule is COC(=O)C1=C(C)N=C(C)C(C(=O)OC)[C@H]1c1ccc2c(c1)OCO2. The number of carbonyl (C=O) groups is 2. The van der Waals surface area contributed by atoms with E-state index < -0.39 is 23.8 Å². The Morgan fingerprint density at radius 3 is 2.52 bits per heavy atom. The molecular weight excluding hydrogens is 326 g/mol. The molecule has 7 nitrogen and oxygen atoms in total. The van der Waals surface area contributed by atoms with Gasteiger partial charge in [0.2, 0.25) is 6.79 Å². The quantitative estimate of drug-likeness (QED) is 0.781. The minimum atomic E-state index is -0.719. The number of hydrogen-bond acceptors (Lipinski definition) is 7. The zero-order chi connectivity index (χ0) is 18.1. The second kappa shape index (κ2) is 6.58. The zero-order valence-electron chi connectivity index (χ0n) is 14.5. The predicted molar refractivity (Wildman–Crippen MR) is 88.6 cm³/mol. The molecule has 2 atom stereocenters. The summed E-state index contributed by atoms with van der Waals surface area (Å²) < 4.78 is 20.6. The molecule has 0 bridgehead atoms. The number of aliphatic imine (C=N–C) groups is 1. The van der Waals surface area contributed by atoms with Crippen LogP contribution in [-0.2, 0) is 19.1 Å². The topological polar surface area (TPSA) is 83.4 Å². The van der Waals surface area contributed by atoms with E-state index in [-0.39, 0.29) is 6.79 Å². The summed E-state index contributed by atoms with van der Waals surface area (Å²) in [6.45, 7) is 3.62. The van der Waals surface area contributed by atoms with E-state index in [0.717, 1.165) is 5.56 Å². The van der Waals surface area contributed by atoms with Crippen LogP contribution in [0.5, 0.6) is 11.5 Å². The van der Waals surface area contributed by atoms with Crippen molar-refractivity contribution in [2.24, 2.45) is 10.9 Å². The molecule has 1 unspecified atom stereocenters. The molecule has 0 aromatic heterocycles. The second-order valence-electron chi connectivity index (χ2n) is 5.84. The number of esters is 2. The molecule has 2 heterocycles. The third kappa shape index (κ3) is 2.86. The van der Waals surface area contributed by atoms with Crippen molar-refractivity contribution in [2.75, 3.05) is 21.0 Å². The van der Waals surface area contributed by atoms with Crippen LogP contribution in [0.4, 0.5) is 0 Å². The van der Waals surface area contributed by atoms with E-state index in [9.17, 15) is 9.59 Å². The van der Waals surface area contributed by atoms with Crippen LogP contribution in [0.15, 0.2) is 34.5 Å². The molecular formula is C18H19NO6. The summed E-state index contributed by atoms with van der Waals surface area (Å²) in [5.41, 5.74) is 2.17. The Balaban J connectivity index is 2.17. The number of ether oxygens (including phenoxy) is 4. The smallest absolute Gasteiger partial charge is 0.336 e. The highest BCUT2D eigenvalue weighted by Crippen LogP contribution is 2.43. The van der Waals surface area contributed by atoms with Gasteiger partial charge in [0.1, 0.15) is 5.92 Å². The summed E-state index contributed by atoms with van der Waals surface area (Å²) in [6, 6.07) is 5.35. The van der Waals surface area contributed by atoms with E-state index in [2.05, 4.69) is 4.99 Å². The average molecular weight is 345 g/mol. The van der Waals surface area contributed by atoms with Gasteiger partial charge in [0.15, 0.2) is 11.5 Å². The number of fused-ring (bicyclic) bond motifs is 1. The van der Waals surface area contributed by atoms with Crippen molar-refractivity contribution in [3.8, 4) is 11.5 Å². The van der Waals surface area contributed by atoms with E-state index in [1.54, 1.807) is 26.0 Å². The first kappa shape index (κ1) is 17.0. The highest BCUT2D eigenvalue weighted by Gasteiger charge is 2.42. The number of benzene rings is 1. The fourth-order valence-electron chi connectivity index (χ4n) is 3.31. The van der Waals surface area contributed by atoms with Crippen LogP contribution in [-0.4, -0.2) is 38.7 Å². The van der Waals surface area contributed by atoms with E-state index >= 15 is 0 Å². The number of nitrogens with zero attached hydrogens (tertiary/aromatic N) is 1. The van der Waals surface area contributed by atoms with Crippen LogP contribution in [0.25, 0.3) is 0 Å². The Kier molecular flexibility index (Phi) is 4.48. The van der Waals surface area contributed by atoms with E-state index in [1.807, 2.05) is 6.07 Å². The van der Waals surface area contributed by atoms with Crippen LogP contribution < -0.4 is 9.47 Å². The van der Waals surface area contributed by atoms with Gasteiger partial charge in [-0.3, -0.25) is 9.79 Å². The Bertz CT molecular complexity index is 795. The van der Waals surface area contributed by atoms with Crippen molar-refractivity contribution in [1.82, 2.24) is 0 Å². The van der Waals surface area contributed by atoms with Crippen LogP contribution in [0, 0.1) is 5.92 Å². The minimum Gasteiger partial charge on any atom is -0.468 e. The Labute approximate surface area is 145 Å². The fraction of sp³-hybridized carbons (Fsp3) is 0.389. The lowest BCUT2D eigenvalue weighted by Crippen LogP contribution is -2.36. The number of rotatable bonds is 3. The van der Waals surface area contributed by atoms with E-state index in [4.69, 9.17) is 18.9 Å². The summed E-state index contributed by atoms with van der Waals surface area (Å²) in [5, 5.41) is 0. The summed E-state index contributed by atoms with van der Waals surface area (Å²) in [4.78, 5) is 29.2. The molecule has 1 aromatic carbocycles. The van der Waals surface area contributed by atoms with Gasteiger partial charge in [-0.15, -0.1) is 0 Å². The van der Waals surface area contributed by atoms with Gasteiger partial charge < -0.3 is 18.9 Å². The van der Waals surface area contributed by atoms with Crippen molar-refractivity contribution in [2.45, 2.75) is 19.8 Å². The average Bonchev–Trinajstić information content (AvgIpc) is 3.07. The molecule has 2 aliphatic rings. The summed E-state index contributed by atoms with van der Waals surface area (Å²) in [7, 11) is 2.62. The van der Waals surface area contributed by atoms with Crippen molar-refractivity contribution >= 4 is 17.7 Å². The highest BCUT2D eigenvalue weighted by molar-refractivity contribution is 6.07. The van der Waals surface area contributed by atoms with Crippen molar-refractivity contribution in [3.05, 3.63) is 35.0 Å². The van der Waals surface area contributed by atoms with Crippen LogP contribution in [0.1, 0.15) is 25.3 Å². The molecule has 7 heteroatoms. The summed E-state index contributed by atoms with van der Waals surface area (Å²) in [6.07, 6.45) is 0. The standard InChI is InChI=1S/C18H19NO6/c1-9-14(17(20)22-3)16(15(10(2)19-9)18(21)23-4)11-5-6-12-13(7-11)25-8-24-12/h5-7,14,16H,8H2,1-4H3/t14?,16-/m1/s1. The molecule has 0 radical (unpaired) electrons. The number of hydrogen-bond donors (Lipinski definition) is 0. The Morgan fingerprint density at radius 1 is 1.12 bits per heavy atom. The van der Waals surface area contributed by atoms with Gasteiger partial charge in [0.25, 0.3) is 0 Å². The van der Waals surface area contributed by atoms with Crippen LogP contribution >= 0.6 is 0 Å². The van der Waals surface area contributed by atoms with Crippen molar-refractivity contribution in [1.29, 1.82) is 0 Å². The molecule has 0 fully saturated rings. The molecule has 1 aromatic rings. The van der Waals surface area contributed by atoms with Gasteiger partial charge >= 0.3 is 11.9 Å². The van der Waals surface area contributed by atoms with Gasteiger partial charge in [-0.05, 0) is 31.5 Å². The molecule has 3 rings (SSSR count). The molecule has 132 valence electrons. The molecule has 0 amide bonds. The molecule has 0 spiro atoms. The molecule has 25 heavy (non-hydrogen) atoms. The lowest BCUT2D eigenvalue weighted by Gasteiger charge is -2.31. The summed E-state index contributed by atoms with van der Waals surface area (Å²) >= 11 is 0. The number of methoxy groups -OCH3 is 2. The zero-order valence-corrected chi connectivity index (χ0v) is 14.5. The predicted octanol–water partition coefficient (Wildman–Crippen LogP) is 2.21. The maximum atomic E-state index is 12.4. The lowest BCUT2D eigenvalue weighted by molar-refractivity contribution is -0.143. The normalized spacial score (nSPS) is 21.7. The molecule has 0 N–H and O–H groups in total. The number of carbonyl (C=O) groups excluding carboxylic acids is 2. The van der Waals surface area contributed by atoms with Crippen molar-refractivity contribution < 1.29 is 28.5 Å². The minimum absolute atomic E-state index is 0.142. The van der Waals surface area contributed by atoms with Gasteiger partial charge in [0, 0.05) is 17.3 Å². The molecule has 0 aliphatic carbocycles. The highest BCUT2D eigenvalue weighted by atomic mass is 16.7. The van der Waals surface area contributed by atoms with Crippen LogP contribution in [0.3, 0.4) is 0 Å². The third-order valence-electron chi connectivity index (χ3n) is 4.44. The Morgan fingerprint density at radius 2 is 1.84 bits per heavy atom. The first-order chi connectivity index (χ1) is 12.0. The van der Waals surface area contributed by atoms with E-state index in [0.29, 0.717) is 28.5 Å². The van der Waals surface area contributed by atoms with Gasteiger partial charge in [0.05, 0.1) is 19.8 Å².